The molecule has 8 heteroatoms. The van der Waals surface area contributed by atoms with Crippen molar-refractivity contribution in [2.75, 3.05) is 4.90 Å². The lowest BCUT2D eigenvalue weighted by Crippen LogP contribution is -2.33. The molecule has 0 N–H and O–H groups in total. The van der Waals surface area contributed by atoms with Crippen LogP contribution in [0.1, 0.15) is 15.9 Å². The highest BCUT2D eigenvalue weighted by atomic mass is 32.1. The van der Waals surface area contributed by atoms with E-state index in [9.17, 15) is 18.4 Å². The van der Waals surface area contributed by atoms with Gasteiger partial charge in [0.1, 0.15) is 22.5 Å². The summed E-state index contributed by atoms with van der Waals surface area (Å²) in [4.78, 5) is 31.6. The summed E-state index contributed by atoms with van der Waals surface area (Å²) in [5.41, 5.74) is 0.136. The van der Waals surface area contributed by atoms with Gasteiger partial charge < -0.3 is 4.42 Å². The minimum Gasteiger partial charge on any atom is -0.422 e. The molecular weight excluding hydrogens is 434 g/mol. The van der Waals surface area contributed by atoms with Crippen LogP contribution < -0.4 is 10.5 Å². The molecular formula is C24H14F2N2O3S. The summed E-state index contributed by atoms with van der Waals surface area (Å²) in [5.74, 6) is -2.20. The zero-order valence-electron chi connectivity index (χ0n) is 16.4. The van der Waals surface area contributed by atoms with E-state index in [0.29, 0.717) is 11.0 Å². The van der Waals surface area contributed by atoms with Crippen molar-refractivity contribution in [3.63, 3.8) is 0 Å². The van der Waals surface area contributed by atoms with Crippen LogP contribution in [-0.2, 0) is 6.54 Å². The summed E-state index contributed by atoms with van der Waals surface area (Å²) in [7, 11) is 0. The van der Waals surface area contributed by atoms with Crippen molar-refractivity contribution in [1.82, 2.24) is 4.98 Å². The van der Waals surface area contributed by atoms with Crippen molar-refractivity contribution in [2.24, 2.45) is 0 Å². The van der Waals surface area contributed by atoms with Crippen LogP contribution in [0.15, 0.2) is 82.0 Å². The summed E-state index contributed by atoms with van der Waals surface area (Å²) in [6.45, 7) is 0.0792. The Morgan fingerprint density at radius 1 is 1.00 bits per heavy atom. The first-order valence-corrected chi connectivity index (χ1v) is 10.5. The van der Waals surface area contributed by atoms with Gasteiger partial charge in [0.2, 0.25) is 0 Å². The number of anilines is 1. The highest BCUT2D eigenvalue weighted by Crippen LogP contribution is 2.32. The van der Waals surface area contributed by atoms with E-state index in [1.54, 1.807) is 24.3 Å². The van der Waals surface area contributed by atoms with Gasteiger partial charge in [-0.15, -0.1) is 0 Å². The second-order valence-corrected chi connectivity index (χ2v) is 8.10. The van der Waals surface area contributed by atoms with Gasteiger partial charge in [-0.2, -0.15) is 0 Å². The highest BCUT2D eigenvalue weighted by molar-refractivity contribution is 7.22. The van der Waals surface area contributed by atoms with Crippen LogP contribution >= 0.6 is 11.3 Å². The molecule has 0 atom stereocenters. The number of carbonyl (C=O) groups excluding carboxylic acids is 1. The summed E-state index contributed by atoms with van der Waals surface area (Å²) in [6.07, 6.45) is 0. The van der Waals surface area contributed by atoms with Crippen LogP contribution in [0, 0.1) is 11.6 Å². The Morgan fingerprint density at radius 2 is 1.75 bits per heavy atom. The van der Waals surface area contributed by atoms with Gasteiger partial charge in [0.15, 0.2) is 10.9 Å². The van der Waals surface area contributed by atoms with E-state index in [-0.39, 0.29) is 27.5 Å². The molecule has 0 unspecified atom stereocenters. The zero-order chi connectivity index (χ0) is 22.2. The molecule has 3 aromatic carbocycles. The Morgan fingerprint density at radius 3 is 2.56 bits per heavy atom. The molecule has 0 saturated carbocycles. The number of para-hydroxylation sites is 1. The van der Waals surface area contributed by atoms with Crippen molar-refractivity contribution in [3.8, 4) is 0 Å². The average Bonchev–Trinajstić information content (AvgIpc) is 3.21. The number of hydrogen-bond donors (Lipinski definition) is 0. The summed E-state index contributed by atoms with van der Waals surface area (Å²) >= 11 is 0.967. The summed E-state index contributed by atoms with van der Waals surface area (Å²) < 4.78 is 33.5. The van der Waals surface area contributed by atoms with Crippen LogP contribution in [0.2, 0.25) is 0 Å². The second-order valence-electron chi connectivity index (χ2n) is 7.09. The molecule has 0 saturated heterocycles. The predicted octanol–water partition coefficient (Wildman–Crippen LogP) is 5.53. The number of benzene rings is 3. The molecule has 158 valence electrons. The molecule has 0 fully saturated rings. The first kappa shape index (κ1) is 20.0. The molecule has 2 heterocycles. The van der Waals surface area contributed by atoms with Crippen LogP contribution in [0.3, 0.4) is 0 Å². The number of carbonyl (C=O) groups is 1. The molecule has 0 aliphatic rings. The second kappa shape index (κ2) is 7.97. The smallest absolute Gasteiger partial charge is 0.349 e. The van der Waals surface area contributed by atoms with Gasteiger partial charge in [-0.3, -0.25) is 9.69 Å². The number of hydrogen-bond acceptors (Lipinski definition) is 5. The first-order chi connectivity index (χ1) is 15.5. The Bertz CT molecular complexity index is 1530. The van der Waals surface area contributed by atoms with Gasteiger partial charge >= 0.3 is 5.63 Å². The zero-order valence-corrected chi connectivity index (χ0v) is 17.2. The molecule has 0 spiro atoms. The highest BCUT2D eigenvalue weighted by Gasteiger charge is 2.26. The van der Waals surface area contributed by atoms with Crippen molar-refractivity contribution in [3.05, 3.63) is 106 Å². The Hall–Kier alpha value is -3.91. The normalized spacial score (nSPS) is 11.2. The number of halogens is 2. The number of fused-ring (bicyclic) bond motifs is 2. The van der Waals surface area contributed by atoms with Gasteiger partial charge in [0.05, 0.1) is 11.2 Å². The van der Waals surface area contributed by atoms with E-state index in [1.807, 2.05) is 30.3 Å². The quantitative estimate of drug-likeness (QED) is 0.339. The lowest BCUT2D eigenvalue weighted by atomic mass is 10.1. The first-order valence-electron chi connectivity index (χ1n) is 9.64. The van der Waals surface area contributed by atoms with Crippen molar-refractivity contribution in [1.29, 1.82) is 0 Å². The third-order valence-electron chi connectivity index (χ3n) is 4.93. The van der Waals surface area contributed by atoms with Crippen LogP contribution in [0.25, 0.3) is 21.2 Å². The molecule has 1 amide bonds. The van der Waals surface area contributed by atoms with Gasteiger partial charge in [-0.1, -0.05) is 59.9 Å². The lowest BCUT2D eigenvalue weighted by Gasteiger charge is -2.19. The number of aromatic nitrogens is 1. The summed E-state index contributed by atoms with van der Waals surface area (Å²) in [5, 5.41) is 0.735. The Balaban J connectivity index is 1.65. The van der Waals surface area contributed by atoms with E-state index < -0.39 is 23.2 Å². The largest absolute Gasteiger partial charge is 0.422 e. The van der Waals surface area contributed by atoms with E-state index >= 15 is 0 Å². The maximum absolute atomic E-state index is 14.2. The molecule has 5 rings (SSSR count). The van der Waals surface area contributed by atoms with E-state index in [2.05, 4.69) is 4.98 Å². The van der Waals surface area contributed by atoms with Gasteiger partial charge in [0, 0.05) is 11.5 Å². The van der Waals surface area contributed by atoms with Crippen LogP contribution in [0.5, 0.6) is 0 Å². The number of thiazole rings is 1. The third-order valence-corrected chi connectivity index (χ3v) is 5.96. The van der Waals surface area contributed by atoms with Crippen molar-refractivity contribution < 1.29 is 18.0 Å². The Labute approximate surface area is 184 Å². The minimum absolute atomic E-state index is 0.0391. The van der Waals surface area contributed by atoms with Gasteiger partial charge in [0.25, 0.3) is 5.91 Å². The number of amides is 1. The van der Waals surface area contributed by atoms with Crippen LogP contribution in [0.4, 0.5) is 13.9 Å². The van der Waals surface area contributed by atoms with E-state index in [1.165, 1.54) is 11.0 Å². The lowest BCUT2D eigenvalue weighted by molar-refractivity contribution is 0.0981. The maximum atomic E-state index is 14.2. The molecule has 32 heavy (non-hydrogen) atoms. The molecule has 0 aliphatic heterocycles. The summed E-state index contributed by atoms with van der Waals surface area (Å²) in [6, 6.07) is 19.3. The third kappa shape index (κ3) is 3.65. The van der Waals surface area contributed by atoms with E-state index in [4.69, 9.17) is 4.42 Å². The fraction of sp³-hybridized carbons (Fsp3) is 0.0417. The predicted molar refractivity (Wildman–Crippen MR) is 119 cm³/mol. The Kier molecular flexibility index (Phi) is 4.99. The fourth-order valence-corrected chi connectivity index (χ4v) is 4.41. The van der Waals surface area contributed by atoms with Gasteiger partial charge in [-0.05, 0) is 23.8 Å². The number of rotatable bonds is 4. The SMILES string of the molecule is O=C(c1cc2ccccc2oc1=O)N(Cc1ccccc1)c1nc2c(F)cc(F)cc2s1. The minimum atomic E-state index is -0.820. The standard InChI is InChI=1S/C24H14F2N2O3S/c25-16-11-18(26)21-20(12-16)32-24(27-21)28(13-14-6-2-1-3-7-14)22(29)17-10-15-8-4-5-9-19(15)31-23(17)30/h1-12H,13H2. The van der Waals surface area contributed by atoms with E-state index in [0.717, 1.165) is 29.0 Å². The van der Waals surface area contributed by atoms with Crippen molar-refractivity contribution >= 4 is 43.6 Å². The molecule has 0 bridgehead atoms. The van der Waals surface area contributed by atoms with Crippen LogP contribution in [-0.4, -0.2) is 10.9 Å². The maximum Gasteiger partial charge on any atom is 0.349 e. The molecule has 2 aromatic heterocycles. The molecule has 5 aromatic rings. The van der Waals surface area contributed by atoms with Gasteiger partial charge in [-0.25, -0.2) is 18.6 Å². The molecule has 5 nitrogen and oxygen atoms in total. The molecule has 0 radical (unpaired) electrons. The number of nitrogens with zero attached hydrogens (tertiary/aromatic N) is 2. The topological polar surface area (TPSA) is 63.4 Å². The molecule has 0 aliphatic carbocycles. The van der Waals surface area contributed by atoms with Crippen molar-refractivity contribution in [2.45, 2.75) is 6.54 Å². The average molecular weight is 448 g/mol. The monoisotopic (exact) mass is 448 g/mol. The fourth-order valence-electron chi connectivity index (χ4n) is 3.41.